The first-order chi connectivity index (χ1) is 17.4. The molecule has 36 heavy (non-hydrogen) atoms. The van der Waals surface area contributed by atoms with Crippen molar-refractivity contribution in [2.75, 3.05) is 11.5 Å². The second-order valence-corrected chi connectivity index (χ2v) is 9.51. The molecule has 184 valence electrons. The fourth-order valence-electron chi connectivity index (χ4n) is 4.70. The molecule has 2 aromatic carbocycles. The number of amides is 1. The third-order valence-corrected chi connectivity index (χ3v) is 6.82. The van der Waals surface area contributed by atoms with Gasteiger partial charge in [0, 0.05) is 6.20 Å². The molecular weight excluding hydrogens is 452 g/mol. The van der Waals surface area contributed by atoms with Crippen molar-refractivity contribution >= 4 is 22.7 Å². The van der Waals surface area contributed by atoms with E-state index >= 15 is 0 Å². The van der Waals surface area contributed by atoms with Gasteiger partial charge >= 0.3 is 0 Å². The normalized spacial score (nSPS) is 14.9. The number of rotatable bonds is 7. The summed E-state index contributed by atoms with van der Waals surface area (Å²) in [6, 6.07) is 14.3. The van der Waals surface area contributed by atoms with Crippen molar-refractivity contribution in [1.82, 2.24) is 4.98 Å². The summed E-state index contributed by atoms with van der Waals surface area (Å²) >= 11 is 0. The minimum Gasteiger partial charge on any atom is -0.494 e. The largest absolute Gasteiger partial charge is 0.494 e. The lowest BCUT2D eigenvalue weighted by Gasteiger charge is -2.24. The average molecular weight is 483 g/mol. The molecule has 1 aliphatic heterocycles. The molecule has 0 aliphatic carbocycles. The van der Waals surface area contributed by atoms with Crippen LogP contribution in [0.2, 0.25) is 0 Å². The van der Waals surface area contributed by atoms with Crippen LogP contribution in [0.5, 0.6) is 5.75 Å². The van der Waals surface area contributed by atoms with Crippen molar-refractivity contribution in [3.8, 4) is 5.75 Å². The third-order valence-electron chi connectivity index (χ3n) is 6.82. The van der Waals surface area contributed by atoms with Crippen LogP contribution in [0.15, 0.2) is 63.9 Å². The van der Waals surface area contributed by atoms with Crippen LogP contribution in [0, 0.1) is 20.8 Å². The summed E-state index contributed by atoms with van der Waals surface area (Å²) in [6.45, 7) is 8.64. The van der Waals surface area contributed by atoms with Crippen LogP contribution in [0.4, 0.5) is 5.82 Å². The standard InChI is InChI=1S/C30H30N2O4/c1-5-6-7-13-35-22-10-8-9-21(16-22)27-26-28(33)23-14-19(3)20(4)15-24(23)36-29(26)30(34)32(27)25-12-11-18(2)17-31-25/h8-12,14-17,27H,5-7,13H2,1-4H3. The van der Waals surface area contributed by atoms with Gasteiger partial charge in [-0.25, -0.2) is 4.98 Å². The summed E-state index contributed by atoms with van der Waals surface area (Å²) in [5.41, 5.74) is 4.30. The summed E-state index contributed by atoms with van der Waals surface area (Å²) in [5, 5.41) is 0.473. The second-order valence-electron chi connectivity index (χ2n) is 9.51. The zero-order valence-corrected chi connectivity index (χ0v) is 21.1. The topological polar surface area (TPSA) is 72.6 Å². The van der Waals surface area contributed by atoms with Gasteiger partial charge in [0.05, 0.1) is 23.6 Å². The Kier molecular flexibility index (Phi) is 6.35. The fourth-order valence-corrected chi connectivity index (χ4v) is 4.70. The maximum absolute atomic E-state index is 13.9. The number of anilines is 1. The number of unbranched alkanes of at least 4 members (excludes halogenated alkanes) is 2. The van der Waals surface area contributed by atoms with Gasteiger partial charge in [-0.15, -0.1) is 0 Å². The Hall–Kier alpha value is -3.93. The number of nitrogens with zero attached hydrogens (tertiary/aromatic N) is 2. The summed E-state index contributed by atoms with van der Waals surface area (Å²) < 4.78 is 12.1. The maximum Gasteiger partial charge on any atom is 0.296 e. The Morgan fingerprint density at radius 2 is 1.81 bits per heavy atom. The van der Waals surface area contributed by atoms with Gasteiger partial charge in [0.2, 0.25) is 5.76 Å². The van der Waals surface area contributed by atoms with E-state index in [0.29, 0.717) is 34.7 Å². The number of pyridine rings is 1. The minimum absolute atomic E-state index is 0.0670. The van der Waals surface area contributed by atoms with E-state index < -0.39 is 6.04 Å². The number of hydrogen-bond acceptors (Lipinski definition) is 5. The molecule has 2 aromatic heterocycles. The Labute approximate surface area is 210 Å². The van der Waals surface area contributed by atoms with E-state index in [1.54, 1.807) is 17.2 Å². The molecule has 0 saturated carbocycles. The predicted molar refractivity (Wildman–Crippen MR) is 141 cm³/mol. The van der Waals surface area contributed by atoms with Gasteiger partial charge in [-0.2, -0.15) is 0 Å². The molecular formula is C30H30N2O4. The lowest BCUT2D eigenvalue weighted by Crippen LogP contribution is -2.30. The molecule has 6 nitrogen and oxygen atoms in total. The lowest BCUT2D eigenvalue weighted by atomic mass is 9.97. The van der Waals surface area contributed by atoms with Crippen LogP contribution in [-0.4, -0.2) is 17.5 Å². The van der Waals surface area contributed by atoms with E-state index in [1.807, 2.05) is 63.2 Å². The Balaban J connectivity index is 1.68. The van der Waals surface area contributed by atoms with Crippen LogP contribution in [0.3, 0.4) is 0 Å². The first-order valence-electron chi connectivity index (χ1n) is 12.5. The third kappa shape index (κ3) is 4.17. The fraction of sp³-hybridized carbons (Fsp3) is 0.300. The molecule has 6 heteroatoms. The van der Waals surface area contributed by atoms with Crippen LogP contribution in [0.25, 0.3) is 11.0 Å². The molecule has 0 fully saturated rings. The molecule has 1 unspecified atom stereocenters. The Morgan fingerprint density at radius 3 is 2.56 bits per heavy atom. The Morgan fingerprint density at radius 1 is 1.00 bits per heavy atom. The van der Waals surface area contributed by atoms with Gasteiger partial charge < -0.3 is 9.15 Å². The highest BCUT2D eigenvalue weighted by Crippen LogP contribution is 2.41. The maximum atomic E-state index is 13.9. The quantitative estimate of drug-likeness (QED) is 0.284. The van der Waals surface area contributed by atoms with E-state index in [2.05, 4.69) is 11.9 Å². The molecule has 4 aromatic rings. The van der Waals surface area contributed by atoms with Gasteiger partial charge in [0.25, 0.3) is 5.91 Å². The van der Waals surface area contributed by atoms with Gasteiger partial charge in [0.15, 0.2) is 5.43 Å². The van der Waals surface area contributed by atoms with Crippen molar-refractivity contribution in [2.24, 2.45) is 0 Å². The first kappa shape index (κ1) is 23.8. The zero-order valence-electron chi connectivity index (χ0n) is 21.1. The molecule has 1 atom stereocenters. The van der Waals surface area contributed by atoms with Crippen molar-refractivity contribution in [3.63, 3.8) is 0 Å². The van der Waals surface area contributed by atoms with E-state index in [4.69, 9.17) is 9.15 Å². The lowest BCUT2D eigenvalue weighted by molar-refractivity contribution is 0.0970. The highest BCUT2D eigenvalue weighted by molar-refractivity contribution is 6.10. The molecule has 0 bridgehead atoms. The number of aryl methyl sites for hydroxylation is 3. The summed E-state index contributed by atoms with van der Waals surface area (Å²) in [6.07, 6.45) is 4.91. The number of ether oxygens (including phenoxy) is 1. The summed E-state index contributed by atoms with van der Waals surface area (Å²) in [7, 11) is 0. The van der Waals surface area contributed by atoms with E-state index in [9.17, 15) is 9.59 Å². The molecule has 1 amide bonds. The molecule has 3 heterocycles. The number of carbonyl (C=O) groups excluding carboxylic acids is 1. The van der Waals surface area contributed by atoms with Gasteiger partial charge in [-0.1, -0.05) is 38.0 Å². The van der Waals surface area contributed by atoms with Crippen molar-refractivity contribution in [2.45, 2.75) is 53.0 Å². The second kappa shape index (κ2) is 9.61. The monoisotopic (exact) mass is 482 g/mol. The molecule has 0 spiro atoms. The van der Waals surface area contributed by atoms with Crippen molar-refractivity contribution in [3.05, 3.63) is 98.5 Å². The highest BCUT2D eigenvalue weighted by Gasteiger charge is 2.44. The van der Waals surface area contributed by atoms with Gasteiger partial charge in [-0.05, 0) is 79.8 Å². The van der Waals surface area contributed by atoms with E-state index in [0.717, 1.165) is 41.5 Å². The zero-order chi connectivity index (χ0) is 25.4. The number of aromatic nitrogens is 1. The molecule has 5 rings (SSSR count). The molecule has 1 aliphatic rings. The number of hydrogen-bond donors (Lipinski definition) is 0. The number of fused-ring (bicyclic) bond motifs is 2. The van der Waals surface area contributed by atoms with Crippen molar-refractivity contribution in [1.29, 1.82) is 0 Å². The van der Waals surface area contributed by atoms with Crippen LogP contribution >= 0.6 is 0 Å². The number of benzene rings is 2. The SMILES string of the molecule is CCCCCOc1cccc(C2c3c(oc4cc(C)c(C)cc4c3=O)C(=O)N2c2ccc(C)cn2)c1. The van der Waals surface area contributed by atoms with Crippen molar-refractivity contribution < 1.29 is 13.9 Å². The van der Waals surface area contributed by atoms with Gasteiger partial charge in [0.1, 0.15) is 17.2 Å². The van der Waals surface area contributed by atoms with Crippen LogP contribution < -0.4 is 15.1 Å². The molecule has 0 saturated heterocycles. The number of carbonyl (C=O) groups is 1. The Bertz CT molecular complexity index is 1500. The van der Waals surface area contributed by atoms with Gasteiger partial charge in [-0.3, -0.25) is 14.5 Å². The smallest absolute Gasteiger partial charge is 0.296 e. The van der Waals surface area contributed by atoms with Crippen LogP contribution in [0.1, 0.15) is 70.6 Å². The average Bonchev–Trinajstić information content (AvgIpc) is 3.16. The summed E-state index contributed by atoms with van der Waals surface area (Å²) in [5.74, 6) is 0.861. The summed E-state index contributed by atoms with van der Waals surface area (Å²) in [4.78, 5) is 33.7. The molecule has 0 N–H and O–H groups in total. The first-order valence-corrected chi connectivity index (χ1v) is 12.5. The molecule has 0 radical (unpaired) electrons. The van der Waals surface area contributed by atoms with Crippen LogP contribution in [-0.2, 0) is 0 Å². The minimum atomic E-state index is -0.677. The predicted octanol–water partition coefficient (Wildman–Crippen LogP) is 6.43. The highest BCUT2D eigenvalue weighted by atomic mass is 16.5. The van der Waals surface area contributed by atoms with E-state index in [-0.39, 0.29) is 17.1 Å². The van der Waals surface area contributed by atoms with E-state index in [1.165, 1.54) is 0 Å².